The van der Waals surface area contributed by atoms with Crippen molar-refractivity contribution in [1.82, 2.24) is 0 Å². The fraction of sp³-hybridized carbons (Fsp3) is 1.00. The molecular weight excluding hydrogens is 96.1 g/mol. The summed E-state index contributed by atoms with van der Waals surface area (Å²) >= 11 is 0. The quantitative estimate of drug-likeness (QED) is 0.489. The van der Waals surface area contributed by atoms with Crippen LogP contribution in [0.2, 0.25) is 0 Å². The predicted octanol–water partition coefficient (Wildman–Crippen LogP) is 2.69. The van der Waals surface area contributed by atoms with Crippen molar-refractivity contribution < 1.29 is 0 Å². The molecule has 1 aliphatic rings. The maximum atomic E-state index is 2.36. The summed E-state index contributed by atoms with van der Waals surface area (Å²) in [5, 5.41) is 0. The first-order chi connectivity index (χ1) is 3.54. The number of hydrogen-bond acceptors (Lipinski definition) is 0. The van der Waals surface area contributed by atoms with E-state index in [1.54, 1.807) is 0 Å². The van der Waals surface area contributed by atoms with Gasteiger partial charge in [-0.15, -0.1) is 0 Å². The van der Waals surface area contributed by atoms with Gasteiger partial charge in [-0.1, -0.05) is 27.7 Å². The normalized spacial score (nSPS) is 33.4. The van der Waals surface area contributed by atoms with Crippen molar-refractivity contribution in [3.8, 4) is 0 Å². The van der Waals surface area contributed by atoms with Gasteiger partial charge in [0.1, 0.15) is 0 Å². The first-order valence-electron chi connectivity index (χ1n) is 3.54. The van der Waals surface area contributed by atoms with Gasteiger partial charge in [-0.25, -0.2) is 0 Å². The first kappa shape index (κ1) is 6.12. The van der Waals surface area contributed by atoms with Crippen LogP contribution in [0.1, 0.15) is 34.1 Å². The summed E-state index contributed by atoms with van der Waals surface area (Å²) in [4.78, 5) is 0. The molecule has 0 aromatic rings. The van der Waals surface area contributed by atoms with Crippen LogP contribution >= 0.6 is 0 Å². The second-order valence-electron chi connectivity index (χ2n) is 4.04. The Bertz CT molecular complexity index is 90.2. The average Bonchev–Trinajstić information content (AvgIpc) is 2.13. The fourth-order valence-electron chi connectivity index (χ4n) is 1.65. The zero-order valence-electron chi connectivity index (χ0n) is 6.36. The van der Waals surface area contributed by atoms with E-state index in [1.807, 2.05) is 0 Å². The number of hydrogen-bond donors (Lipinski definition) is 0. The van der Waals surface area contributed by atoms with E-state index in [1.165, 1.54) is 6.42 Å². The Kier molecular flexibility index (Phi) is 1.14. The van der Waals surface area contributed by atoms with Crippen LogP contribution in [-0.2, 0) is 0 Å². The van der Waals surface area contributed by atoms with Gasteiger partial charge in [0, 0.05) is 0 Å². The molecule has 0 aromatic heterocycles. The van der Waals surface area contributed by atoms with Crippen LogP contribution in [0.25, 0.3) is 0 Å². The zero-order valence-corrected chi connectivity index (χ0v) is 6.36. The van der Waals surface area contributed by atoms with Crippen molar-refractivity contribution in [2.24, 2.45) is 17.3 Å². The molecular formula is C8H16. The molecule has 0 saturated heterocycles. The second kappa shape index (κ2) is 1.49. The summed E-state index contributed by atoms with van der Waals surface area (Å²) in [6.45, 7) is 9.36. The van der Waals surface area contributed by atoms with Gasteiger partial charge >= 0.3 is 0 Å². The van der Waals surface area contributed by atoms with Crippen LogP contribution in [0.5, 0.6) is 0 Å². The summed E-state index contributed by atoms with van der Waals surface area (Å²) < 4.78 is 0. The third-order valence-electron chi connectivity index (χ3n) is 2.39. The molecule has 0 heteroatoms. The molecule has 0 aromatic carbocycles. The highest BCUT2D eigenvalue weighted by Gasteiger charge is 2.46. The molecule has 1 aliphatic carbocycles. The molecule has 8 heavy (non-hydrogen) atoms. The average molecular weight is 112 g/mol. The summed E-state index contributed by atoms with van der Waals surface area (Å²) in [6.07, 6.45) is 1.45. The Balaban J connectivity index is 2.37. The van der Waals surface area contributed by atoms with E-state index in [2.05, 4.69) is 27.7 Å². The van der Waals surface area contributed by atoms with E-state index in [0.29, 0.717) is 5.41 Å². The van der Waals surface area contributed by atoms with Gasteiger partial charge < -0.3 is 0 Å². The maximum Gasteiger partial charge on any atom is -0.0320 e. The van der Waals surface area contributed by atoms with Crippen molar-refractivity contribution in [3.05, 3.63) is 0 Å². The summed E-state index contributed by atoms with van der Waals surface area (Å²) in [6, 6.07) is 0. The molecule has 0 N–H and O–H groups in total. The molecule has 1 saturated carbocycles. The second-order valence-corrected chi connectivity index (χ2v) is 4.04. The lowest BCUT2D eigenvalue weighted by Crippen LogP contribution is -1.96. The van der Waals surface area contributed by atoms with Crippen LogP contribution in [0.4, 0.5) is 0 Å². The van der Waals surface area contributed by atoms with Gasteiger partial charge in [-0.05, 0) is 23.7 Å². The molecule has 0 nitrogen and oxygen atoms in total. The standard InChI is InChI=1S/C8H16/c1-6(2)7-5-8(7,3)4/h6-7H,5H2,1-4H3/t7-/m1/s1. The molecule has 1 fully saturated rings. The van der Waals surface area contributed by atoms with E-state index in [9.17, 15) is 0 Å². The lowest BCUT2D eigenvalue weighted by molar-refractivity contribution is 0.451. The molecule has 0 aliphatic heterocycles. The topological polar surface area (TPSA) is 0 Å². The van der Waals surface area contributed by atoms with E-state index >= 15 is 0 Å². The van der Waals surface area contributed by atoms with E-state index in [-0.39, 0.29) is 0 Å². The van der Waals surface area contributed by atoms with Crippen molar-refractivity contribution in [1.29, 1.82) is 0 Å². The zero-order chi connectivity index (χ0) is 6.36. The van der Waals surface area contributed by atoms with Crippen LogP contribution < -0.4 is 0 Å². The third kappa shape index (κ3) is 0.888. The lowest BCUT2D eigenvalue weighted by atomic mass is 10.0. The highest BCUT2D eigenvalue weighted by Crippen LogP contribution is 2.55. The lowest BCUT2D eigenvalue weighted by Gasteiger charge is -2.04. The van der Waals surface area contributed by atoms with Crippen LogP contribution in [0.3, 0.4) is 0 Å². The van der Waals surface area contributed by atoms with Gasteiger partial charge in [-0.3, -0.25) is 0 Å². The van der Waals surface area contributed by atoms with E-state index < -0.39 is 0 Å². The Morgan fingerprint density at radius 2 is 1.75 bits per heavy atom. The van der Waals surface area contributed by atoms with Crippen LogP contribution in [0, 0.1) is 17.3 Å². The van der Waals surface area contributed by atoms with Crippen molar-refractivity contribution in [2.45, 2.75) is 34.1 Å². The van der Waals surface area contributed by atoms with E-state index in [0.717, 1.165) is 11.8 Å². The molecule has 0 spiro atoms. The molecule has 0 amide bonds. The molecule has 48 valence electrons. The summed E-state index contributed by atoms with van der Waals surface area (Å²) in [5.41, 5.74) is 0.689. The smallest absolute Gasteiger partial charge is 0.0320 e. The van der Waals surface area contributed by atoms with Crippen molar-refractivity contribution in [3.63, 3.8) is 0 Å². The molecule has 1 atom stereocenters. The predicted molar refractivity (Wildman–Crippen MR) is 36.7 cm³/mol. The van der Waals surface area contributed by atoms with Gasteiger partial charge in [0.25, 0.3) is 0 Å². The van der Waals surface area contributed by atoms with Gasteiger partial charge in [0.05, 0.1) is 0 Å². The Hall–Kier alpha value is 0. The summed E-state index contributed by atoms with van der Waals surface area (Å²) in [7, 11) is 0. The first-order valence-corrected chi connectivity index (χ1v) is 3.54. The molecule has 0 heterocycles. The highest BCUT2D eigenvalue weighted by molar-refractivity contribution is 4.96. The van der Waals surface area contributed by atoms with Crippen LogP contribution in [0.15, 0.2) is 0 Å². The SMILES string of the molecule is CC(C)[C@H]1CC1(C)C. The van der Waals surface area contributed by atoms with Crippen LogP contribution in [-0.4, -0.2) is 0 Å². The summed E-state index contributed by atoms with van der Waals surface area (Å²) in [5.74, 6) is 1.92. The van der Waals surface area contributed by atoms with Gasteiger partial charge in [-0.2, -0.15) is 0 Å². The molecule has 1 rings (SSSR count). The Morgan fingerprint density at radius 3 is 1.75 bits per heavy atom. The fourth-order valence-corrected chi connectivity index (χ4v) is 1.65. The third-order valence-corrected chi connectivity index (χ3v) is 2.39. The molecule has 0 unspecified atom stereocenters. The van der Waals surface area contributed by atoms with Gasteiger partial charge in [0.15, 0.2) is 0 Å². The van der Waals surface area contributed by atoms with Crippen molar-refractivity contribution >= 4 is 0 Å². The highest BCUT2D eigenvalue weighted by atomic mass is 14.5. The Labute approximate surface area is 52.3 Å². The molecule has 0 bridgehead atoms. The maximum absolute atomic E-state index is 2.36. The largest absolute Gasteiger partial charge is 0.0625 e. The van der Waals surface area contributed by atoms with Crippen molar-refractivity contribution in [2.75, 3.05) is 0 Å². The van der Waals surface area contributed by atoms with E-state index in [4.69, 9.17) is 0 Å². The minimum absolute atomic E-state index is 0.689. The van der Waals surface area contributed by atoms with Gasteiger partial charge in [0.2, 0.25) is 0 Å². The molecule has 0 radical (unpaired) electrons. The number of rotatable bonds is 1. The minimum atomic E-state index is 0.689. The minimum Gasteiger partial charge on any atom is -0.0625 e. The monoisotopic (exact) mass is 112 g/mol. The Morgan fingerprint density at radius 1 is 1.38 bits per heavy atom.